The minimum absolute atomic E-state index is 0.0269. The van der Waals surface area contributed by atoms with Gasteiger partial charge in [0, 0.05) is 41.2 Å². The van der Waals surface area contributed by atoms with Gasteiger partial charge in [-0.25, -0.2) is 9.18 Å². The molecule has 3 heterocycles. The molecule has 0 atom stereocenters. The highest BCUT2D eigenvalue weighted by molar-refractivity contribution is 6.01. The van der Waals surface area contributed by atoms with Crippen LogP contribution in [0.4, 0.5) is 9.18 Å². The third kappa shape index (κ3) is 5.09. The van der Waals surface area contributed by atoms with Crippen LogP contribution in [0.15, 0.2) is 42.5 Å². The predicted octanol–water partition coefficient (Wildman–Crippen LogP) is 6.05. The van der Waals surface area contributed by atoms with E-state index in [9.17, 15) is 14.0 Å². The van der Waals surface area contributed by atoms with Gasteiger partial charge in [-0.1, -0.05) is 37.5 Å². The average molecular weight is 534 g/mol. The van der Waals surface area contributed by atoms with Crippen molar-refractivity contribution in [3.63, 3.8) is 0 Å². The summed E-state index contributed by atoms with van der Waals surface area (Å²) in [6.07, 6.45) is 6.97. The summed E-state index contributed by atoms with van der Waals surface area (Å²) < 4.78 is 25.7. The van der Waals surface area contributed by atoms with Gasteiger partial charge >= 0.3 is 6.09 Å². The molecule has 1 saturated heterocycles. The van der Waals surface area contributed by atoms with Crippen LogP contribution in [0.2, 0.25) is 0 Å². The zero-order chi connectivity index (χ0) is 26.8. The Morgan fingerprint density at radius 1 is 1.00 bits per heavy atom. The largest absolute Gasteiger partial charge is 0.491 e. The molecule has 6 rings (SSSR count). The van der Waals surface area contributed by atoms with Crippen molar-refractivity contribution in [2.75, 3.05) is 33.0 Å². The molecule has 0 unspecified atom stereocenters. The molecule has 2 amide bonds. The van der Waals surface area contributed by atoms with E-state index < -0.39 is 12.8 Å². The molecule has 1 aromatic heterocycles. The molecule has 7 nitrogen and oxygen atoms in total. The van der Waals surface area contributed by atoms with Gasteiger partial charge in [-0.2, -0.15) is 0 Å². The second kappa shape index (κ2) is 11.3. The number of nitrogens with zero attached hydrogens (tertiary/aromatic N) is 2. The lowest BCUT2D eigenvalue weighted by Gasteiger charge is -2.31. The molecule has 0 radical (unpaired) electrons. The number of para-hydroxylation sites is 1. The monoisotopic (exact) mass is 533 g/mol. The minimum Gasteiger partial charge on any atom is -0.491 e. The number of hydrogen-bond acceptors (Lipinski definition) is 4. The summed E-state index contributed by atoms with van der Waals surface area (Å²) in [5.74, 6) is 1.33. The van der Waals surface area contributed by atoms with Gasteiger partial charge in [0.15, 0.2) is 0 Å². The number of benzene rings is 2. The summed E-state index contributed by atoms with van der Waals surface area (Å²) in [6.45, 7) is 1.36. The molecule has 206 valence electrons. The highest BCUT2D eigenvalue weighted by Crippen LogP contribution is 2.47. The number of fused-ring (bicyclic) bond motifs is 5. The van der Waals surface area contributed by atoms with E-state index in [2.05, 4.69) is 34.1 Å². The zero-order valence-electron chi connectivity index (χ0n) is 22.3. The van der Waals surface area contributed by atoms with Crippen LogP contribution in [-0.4, -0.2) is 60.5 Å². The number of alkyl halides is 1. The lowest BCUT2D eigenvalue weighted by atomic mass is 9.81. The summed E-state index contributed by atoms with van der Waals surface area (Å²) >= 11 is 0. The maximum absolute atomic E-state index is 13.4. The normalized spacial score (nSPS) is 18.1. The SMILES string of the molecule is O=C(NC1CCN(C(=O)OCCF)CC1)c1ccc2c(C3CCCCC3)c3n(c2c1)CCOc1ccccc1-3. The zero-order valence-corrected chi connectivity index (χ0v) is 22.3. The number of halogens is 1. The predicted molar refractivity (Wildman–Crippen MR) is 148 cm³/mol. The van der Waals surface area contributed by atoms with Gasteiger partial charge in [0.25, 0.3) is 5.91 Å². The molecule has 39 heavy (non-hydrogen) atoms. The van der Waals surface area contributed by atoms with Crippen molar-refractivity contribution in [1.29, 1.82) is 0 Å². The van der Waals surface area contributed by atoms with Crippen molar-refractivity contribution >= 4 is 22.9 Å². The Morgan fingerprint density at radius 3 is 2.59 bits per heavy atom. The summed E-state index contributed by atoms with van der Waals surface area (Å²) in [5.41, 5.74) is 5.51. The van der Waals surface area contributed by atoms with E-state index in [1.807, 2.05) is 18.2 Å². The summed E-state index contributed by atoms with van der Waals surface area (Å²) in [6, 6.07) is 14.4. The van der Waals surface area contributed by atoms with Gasteiger partial charge in [-0.05, 0) is 61.4 Å². The molecule has 3 aliphatic rings. The van der Waals surface area contributed by atoms with Crippen molar-refractivity contribution < 1.29 is 23.5 Å². The summed E-state index contributed by atoms with van der Waals surface area (Å²) in [4.78, 5) is 26.9. The van der Waals surface area contributed by atoms with E-state index in [0.29, 0.717) is 44.0 Å². The Hall–Kier alpha value is -3.55. The van der Waals surface area contributed by atoms with Gasteiger partial charge in [0.05, 0.1) is 12.2 Å². The lowest BCUT2D eigenvalue weighted by molar-refractivity contribution is 0.0812. The second-order valence-corrected chi connectivity index (χ2v) is 10.9. The fraction of sp³-hybridized carbons (Fsp3) is 0.484. The van der Waals surface area contributed by atoms with E-state index in [0.717, 1.165) is 23.4 Å². The topological polar surface area (TPSA) is 72.8 Å². The van der Waals surface area contributed by atoms with Crippen LogP contribution in [0.3, 0.4) is 0 Å². The van der Waals surface area contributed by atoms with Crippen molar-refractivity contribution in [1.82, 2.24) is 14.8 Å². The standard InChI is InChI=1S/C31H36FN3O4/c32-14-18-39-31(37)34-15-12-23(13-16-34)33-30(36)22-10-11-24-26(20-22)35-17-19-38-27-9-5-4-8-25(27)29(35)28(24)21-6-2-1-3-7-21/h4-5,8-11,20-21,23H,1-3,6-7,12-19H2,(H,33,36). The molecule has 0 bridgehead atoms. The maximum atomic E-state index is 13.4. The van der Waals surface area contributed by atoms with Gasteiger partial charge in [-0.15, -0.1) is 0 Å². The van der Waals surface area contributed by atoms with E-state index in [1.165, 1.54) is 48.7 Å². The number of carbonyl (C=O) groups is 2. The number of hydrogen-bond donors (Lipinski definition) is 1. The average Bonchev–Trinajstić information content (AvgIpc) is 3.17. The van der Waals surface area contributed by atoms with Crippen LogP contribution in [0.25, 0.3) is 22.2 Å². The minimum atomic E-state index is -0.685. The van der Waals surface area contributed by atoms with E-state index in [-0.39, 0.29) is 18.6 Å². The number of nitrogens with one attached hydrogen (secondary N) is 1. The van der Waals surface area contributed by atoms with Crippen molar-refractivity contribution in [3.05, 3.63) is 53.6 Å². The molecular weight excluding hydrogens is 497 g/mol. The first-order chi connectivity index (χ1) is 19.1. The Kier molecular flexibility index (Phi) is 7.44. The third-order valence-corrected chi connectivity index (χ3v) is 8.49. The van der Waals surface area contributed by atoms with Gasteiger partial charge in [0.2, 0.25) is 0 Å². The van der Waals surface area contributed by atoms with Crippen molar-refractivity contribution in [2.24, 2.45) is 0 Å². The van der Waals surface area contributed by atoms with E-state index in [1.54, 1.807) is 4.90 Å². The molecule has 1 aliphatic carbocycles. The first kappa shape index (κ1) is 25.7. The lowest BCUT2D eigenvalue weighted by Crippen LogP contribution is -2.46. The van der Waals surface area contributed by atoms with E-state index >= 15 is 0 Å². The summed E-state index contributed by atoms with van der Waals surface area (Å²) in [5, 5.41) is 4.41. The Labute approximate surface area is 228 Å². The first-order valence-electron chi connectivity index (χ1n) is 14.3. The summed E-state index contributed by atoms with van der Waals surface area (Å²) in [7, 11) is 0. The second-order valence-electron chi connectivity index (χ2n) is 10.9. The molecule has 1 N–H and O–H groups in total. The van der Waals surface area contributed by atoms with Crippen LogP contribution < -0.4 is 10.1 Å². The molecule has 1 saturated carbocycles. The van der Waals surface area contributed by atoms with Gasteiger partial charge < -0.3 is 24.3 Å². The Bertz CT molecular complexity index is 1360. The fourth-order valence-corrected chi connectivity index (χ4v) is 6.57. The van der Waals surface area contributed by atoms with E-state index in [4.69, 9.17) is 9.47 Å². The number of aromatic nitrogens is 1. The Morgan fingerprint density at radius 2 is 1.79 bits per heavy atom. The number of rotatable bonds is 5. The van der Waals surface area contributed by atoms with Crippen LogP contribution >= 0.6 is 0 Å². The van der Waals surface area contributed by atoms with Crippen molar-refractivity contribution in [2.45, 2.75) is 63.5 Å². The van der Waals surface area contributed by atoms with Gasteiger partial charge in [0.1, 0.15) is 25.6 Å². The van der Waals surface area contributed by atoms with Crippen LogP contribution in [0.1, 0.15) is 66.8 Å². The fourth-order valence-electron chi connectivity index (χ4n) is 6.57. The number of amides is 2. The molecule has 0 spiro atoms. The van der Waals surface area contributed by atoms with Crippen LogP contribution in [-0.2, 0) is 11.3 Å². The van der Waals surface area contributed by atoms with Crippen molar-refractivity contribution in [3.8, 4) is 17.0 Å². The van der Waals surface area contributed by atoms with Crippen LogP contribution in [0.5, 0.6) is 5.75 Å². The molecule has 2 aliphatic heterocycles. The highest BCUT2D eigenvalue weighted by atomic mass is 19.1. The first-order valence-corrected chi connectivity index (χ1v) is 14.3. The molecule has 2 fully saturated rings. The molecule has 2 aromatic carbocycles. The molecule has 8 heteroatoms. The quantitative estimate of drug-likeness (QED) is 0.434. The number of likely N-dealkylation sites (tertiary alicyclic amines) is 1. The third-order valence-electron chi connectivity index (χ3n) is 8.49. The van der Waals surface area contributed by atoms with Crippen LogP contribution in [0, 0.1) is 0 Å². The number of ether oxygens (including phenoxy) is 2. The Balaban J connectivity index is 1.28. The highest BCUT2D eigenvalue weighted by Gasteiger charge is 2.30. The molecule has 3 aromatic rings. The van der Waals surface area contributed by atoms with Gasteiger partial charge in [-0.3, -0.25) is 4.79 Å². The smallest absolute Gasteiger partial charge is 0.409 e. The number of piperidine rings is 1. The molecular formula is C31H36FN3O4. The number of carbonyl (C=O) groups excluding carboxylic acids is 2. The maximum Gasteiger partial charge on any atom is 0.409 e.